The van der Waals surface area contributed by atoms with E-state index in [1.54, 1.807) is 0 Å². The summed E-state index contributed by atoms with van der Waals surface area (Å²) in [6, 6.07) is 7.95. The van der Waals surface area contributed by atoms with Gasteiger partial charge in [0, 0.05) is 12.1 Å². The van der Waals surface area contributed by atoms with Crippen LogP contribution >= 0.6 is 24.0 Å². The second-order valence-electron chi connectivity index (χ2n) is 7.50. The first kappa shape index (κ1) is 23.5. The minimum Gasteiger partial charge on any atom is -0.493 e. The average molecular weight is 489 g/mol. The number of halogens is 1. The maximum Gasteiger partial charge on any atom is 0.325 e. The van der Waals surface area contributed by atoms with Crippen LogP contribution in [0.15, 0.2) is 29.3 Å². The van der Waals surface area contributed by atoms with Gasteiger partial charge in [0.25, 0.3) is 0 Å². The smallest absolute Gasteiger partial charge is 0.325 e. The van der Waals surface area contributed by atoms with Crippen LogP contribution < -0.4 is 15.4 Å². The van der Waals surface area contributed by atoms with Gasteiger partial charge in [0.05, 0.1) is 13.2 Å². The number of esters is 1. The van der Waals surface area contributed by atoms with E-state index in [1.807, 2.05) is 52.0 Å². The molecule has 1 aromatic carbocycles. The number of ether oxygens (including phenoxy) is 2. The van der Waals surface area contributed by atoms with Crippen molar-refractivity contribution in [1.29, 1.82) is 0 Å². The van der Waals surface area contributed by atoms with Crippen molar-refractivity contribution >= 4 is 35.9 Å². The fraction of sp³-hybridized carbons (Fsp3) is 0.600. The van der Waals surface area contributed by atoms with Gasteiger partial charge in [0.15, 0.2) is 5.96 Å². The molecule has 1 fully saturated rings. The van der Waals surface area contributed by atoms with Gasteiger partial charge in [0.1, 0.15) is 17.9 Å². The van der Waals surface area contributed by atoms with E-state index in [4.69, 9.17) is 9.47 Å². The van der Waals surface area contributed by atoms with E-state index in [0.717, 1.165) is 17.9 Å². The number of para-hydroxylation sites is 1. The van der Waals surface area contributed by atoms with Crippen LogP contribution in [0.5, 0.6) is 5.75 Å². The lowest BCUT2D eigenvalue weighted by atomic mass is 10.2. The van der Waals surface area contributed by atoms with Crippen LogP contribution in [-0.2, 0) is 16.1 Å². The Kier molecular flexibility index (Phi) is 9.90. The fourth-order valence-corrected chi connectivity index (χ4v) is 2.31. The van der Waals surface area contributed by atoms with Gasteiger partial charge in [0.2, 0.25) is 0 Å². The summed E-state index contributed by atoms with van der Waals surface area (Å²) in [7, 11) is 0. The number of carbonyl (C=O) groups excluding carboxylic acids is 1. The number of rotatable bonds is 8. The predicted molar refractivity (Wildman–Crippen MR) is 119 cm³/mol. The van der Waals surface area contributed by atoms with Crippen LogP contribution in [0, 0.1) is 5.92 Å². The summed E-state index contributed by atoms with van der Waals surface area (Å²) in [6.07, 6.45) is 2.53. The summed E-state index contributed by atoms with van der Waals surface area (Å²) >= 11 is 0. The number of nitrogens with zero attached hydrogens (tertiary/aromatic N) is 1. The third-order valence-corrected chi connectivity index (χ3v) is 3.72. The zero-order chi connectivity index (χ0) is 19.0. The number of aliphatic imine (C=N–C) groups is 1. The van der Waals surface area contributed by atoms with Crippen molar-refractivity contribution in [2.75, 3.05) is 19.7 Å². The van der Waals surface area contributed by atoms with Crippen molar-refractivity contribution in [3.63, 3.8) is 0 Å². The molecule has 0 aliphatic heterocycles. The minimum absolute atomic E-state index is 0. The molecule has 152 valence electrons. The fourth-order valence-electron chi connectivity index (χ4n) is 2.31. The highest BCUT2D eigenvalue weighted by Gasteiger charge is 2.22. The summed E-state index contributed by atoms with van der Waals surface area (Å²) in [4.78, 5) is 16.4. The topological polar surface area (TPSA) is 72.0 Å². The molecule has 1 aromatic rings. The second kappa shape index (κ2) is 11.4. The van der Waals surface area contributed by atoms with Crippen LogP contribution in [0.3, 0.4) is 0 Å². The normalized spacial score (nSPS) is 14.1. The summed E-state index contributed by atoms with van der Waals surface area (Å²) in [5, 5.41) is 6.16. The molecule has 1 saturated carbocycles. The summed E-state index contributed by atoms with van der Waals surface area (Å²) in [5.41, 5.74) is 0.536. The Morgan fingerprint density at radius 1 is 1.22 bits per heavy atom. The Balaban J connectivity index is 0.00000364. The van der Waals surface area contributed by atoms with E-state index < -0.39 is 5.60 Å². The Hall–Kier alpha value is -1.51. The maximum absolute atomic E-state index is 11.9. The van der Waals surface area contributed by atoms with Crippen LogP contribution in [0.1, 0.15) is 46.1 Å². The van der Waals surface area contributed by atoms with E-state index in [9.17, 15) is 4.79 Å². The van der Waals surface area contributed by atoms with Gasteiger partial charge in [-0.15, -0.1) is 24.0 Å². The molecule has 27 heavy (non-hydrogen) atoms. The second-order valence-corrected chi connectivity index (χ2v) is 7.50. The molecule has 2 N–H and O–H groups in total. The molecule has 7 heteroatoms. The van der Waals surface area contributed by atoms with Crippen LogP contribution in [0.2, 0.25) is 0 Å². The molecule has 6 nitrogen and oxygen atoms in total. The molecule has 0 heterocycles. The zero-order valence-electron chi connectivity index (χ0n) is 16.7. The van der Waals surface area contributed by atoms with Gasteiger partial charge < -0.3 is 20.1 Å². The molecule has 0 bridgehead atoms. The summed E-state index contributed by atoms with van der Waals surface area (Å²) < 4.78 is 11.2. The monoisotopic (exact) mass is 489 g/mol. The van der Waals surface area contributed by atoms with E-state index in [1.165, 1.54) is 12.8 Å². The van der Waals surface area contributed by atoms with Gasteiger partial charge in [-0.2, -0.15) is 0 Å². The third-order valence-electron chi connectivity index (χ3n) is 3.72. The number of carbonyl (C=O) groups is 1. The molecule has 1 aliphatic rings. The van der Waals surface area contributed by atoms with E-state index in [-0.39, 0.29) is 36.5 Å². The molecular formula is C20H32IN3O3. The first-order valence-corrected chi connectivity index (χ1v) is 9.32. The van der Waals surface area contributed by atoms with Crippen LogP contribution in [-0.4, -0.2) is 37.2 Å². The Morgan fingerprint density at radius 2 is 1.93 bits per heavy atom. The van der Waals surface area contributed by atoms with Gasteiger partial charge in [-0.05, 0) is 52.5 Å². The molecule has 0 aromatic heterocycles. The molecule has 0 saturated heterocycles. The highest BCUT2D eigenvalue weighted by atomic mass is 127. The highest BCUT2D eigenvalue weighted by molar-refractivity contribution is 14.0. The van der Waals surface area contributed by atoms with Crippen molar-refractivity contribution in [3.8, 4) is 5.75 Å². The van der Waals surface area contributed by atoms with Crippen molar-refractivity contribution in [2.45, 2.75) is 52.7 Å². The van der Waals surface area contributed by atoms with Gasteiger partial charge in [-0.3, -0.25) is 4.79 Å². The first-order chi connectivity index (χ1) is 12.4. The van der Waals surface area contributed by atoms with E-state index in [0.29, 0.717) is 25.0 Å². The number of nitrogens with one attached hydrogen (secondary N) is 2. The molecule has 0 amide bonds. The molecule has 0 radical (unpaired) electrons. The Morgan fingerprint density at radius 3 is 2.56 bits per heavy atom. The Labute approximate surface area is 179 Å². The summed E-state index contributed by atoms with van der Waals surface area (Å²) in [5.74, 6) is 1.86. The van der Waals surface area contributed by atoms with Crippen molar-refractivity contribution in [1.82, 2.24) is 10.6 Å². The minimum atomic E-state index is -0.494. The lowest BCUT2D eigenvalue weighted by Crippen LogP contribution is -2.41. The quantitative estimate of drug-likeness (QED) is 0.253. The van der Waals surface area contributed by atoms with Crippen LogP contribution in [0.25, 0.3) is 0 Å². The van der Waals surface area contributed by atoms with Crippen LogP contribution in [0.4, 0.5) is 0 Å². The molecule has 0 spiro atoms. The van der Waals surface area contributed by atoms with E-state index in [2.05, 4.69) is 15.6 Å². The first-order valence-electron chi connectivity index (χ1n) is 9.32. The number of hydrogen-bond acceptors (Lipinski definition) is 4. The lowest BCUT2D eigenvalue weighted by Gasteiger charge is -2.20. The molecule has 0 atom stereocenters. The largest absolute Gasteiger partial charge is 0.493 e. The predicted octanol–water partition coefficient (Wildman–Crippen LogP) is 3.49. The molecule has 2 rings (SSSR count). The average Bonchev–Trinajstić information content (AvgIpc) is 3.39. The molecular weight excluding hydrogens is 457 g/mol. The van der Waals surface area contributed by atoms with Gasteiger partial charge >= 0.3 is 5.97 Å². The third kappa shape index (κ3) is 9.83. The van der Waals surface area contributed by atoms with Gasteiger partial charge in [-0.25, -0.2) is 4.99 Å². The van der Waals surface area contributed by atoms with Crippen molar-refractivity contribution in [2.24, 2.45) is 10.9 Å². The molecule has 0 unspecified atom stereocenters. The lowest BCUT2D eigenvalue weighted by molar-refractivity contribution is -0.153. The Bertz CT molecular complexity index is 625. The number of benzene rings is 1. The summed E-state index contributed by atoms with van der Waals surface area (Å²) in [6.45, 7) is 9.57. The standard InChI is InChI=1S/C20H31N3O3.HI/c1-5-21-19(23-13-18(24)26-20(2,3)4)22-12-16-8-6-7-9-17(16)25-14-15-10-11-15;/h6-9,15H,5,10-14H2,1-4H3,(H2,21,22,23);1H. The van der Waals surface area contributed by atoms with Crippen molar-refractivity contribution in [3.05, 3.63) is 29.8 Å². The highest BCUT2D eigenvalue weighted by Crippen LogP contribution is 2.30. The number of hydrogen-bond donors (Lipinski definition) is 2. The van der Waals surface area contributed by atoms with Crippen molar-refractivity contribution < 1.29 is 14.3 Å². The number of guanidine groups is 1. The molecule has 1 aliphatic carbocycles. The van der Waals surface area contributed by atoms with E-state index >= 15 is 0 Å². The van der Waals surface area contributed by atoms with Gasteiger partial charge in [-0.1, -0.05) is 18.2 Å². The zero-order valence-corrected chi connectivity index (χ0v) is 19.0. The SMILES string of the molecule is CCNC(=NCc1ccccc1OCC1CC1)NCC(=O)OC(C)(C)C.I. The maximum atomic E-state index is 11.9.